The molecule has 0 heterocycles. The lowest BCUT2D eigenvalue weighted by Gasteiger charge is -2.32. The largest absolute Gasteiger partial charge is 0.300 e. The topological polar surface area (TPSA) is 68.3 Å². The summed E-state index contributed by atoms with van der Waals surface area (Å²) in [5, 5.41) is 0. The third-order valence-electron chi connectivity index (χ3n) is 7.22. The molecule has 1 aliphatic rings. The number of allylic oxidation sites excluding steroid dienone is 2. The zero-order valence-corrected chi connectivity index (χ0v) is 21.7. The van der Waals surface area contributed by atoms with Gasteiger partial charge >= 0.3 is 0 Å². The number of Topliss-reactive ketones (excluding diaryl/α,β-unsaturated/α-hetero) is 4. The van der Waals surface area contributed by atoms with Gasteiger partial charge in [0, 0.05) is 24.3 Å². The molecule has 0 bridgehead atoms. The van der Waals surface area contributed by atoms with Crippen molar-refractivity contribution in [3.63, 3.8) is 0 Å². The van der Waals surface area contributed by atoms with Gasteiger partial charge in [0.15, 0.2) is 5.78 Å². The second-order valence-corrected chi connectivity index (χ2v) is 10.1. The van der Waals surface area contributed by atoms with Crippen LogP contribution in [0, 0.1) is 24.7 Å². The Bertz CT molecular complexity index is 924. The molecule has 0 saturated carbocycles. The quantitative estimate of drug-likeness (QED) is 0.229. The van der Waals surface area contributed by atoms with E-state index in [9.17, 15) is 19.2 Å². The first-order valence-corrected chi connectivity index (χ1v) is 13.0. The number of carbonyl (C=O) groups excluding carboxylic acids is 4. The fourth-order valence-corrected chi connectivity index (χ4v) is 5.64. The Labute approximate surface area is 205 Å². The average Bonchev–Trinajstić information content (AvgIpc) is 2.74. The van der Waals surface area contributed by atoms with Crippen molar-refractivity contribution in [3.05, 3.63) is 46.5 Å². The van der Waals surface area contributed by atoms with Crippen molar-refractivity contribution >= 4 is 23.1 Å². The molecule has 0 N–H and O–H groups in total. The van der Waals surface area contributed by atoms with Gasteiger partial charge in [0.1, 0.15) is 17.3 Å². The second-order valence-electron chi connectivity index (χ2n) is 10.1. The first kappa shape index (κ1) is 27.9. The Morgan fingerprint density at radius 3 is 2.41 bits per heavy atom. The molecule has 0 amide bonds. The fraction of sp³-hybridized carbons (Fsp3) is 0.600. The average molecular weight is 467 g/mol. The smallest absolute Gasteiger partial charge is 0.163 e. The molecule has 4 heteroatoms. The zero-order chi connectivity index (χ0) is 25.3. The molecule has 0 spiro atoms. The van der Waals surface area contributed by atoms with Crippen LogP contribution in [0.15, 0.2) is 24.3 Å². The molecule has 1 aliphatic carbocycles. The number of rotatable bonds is 14. The van der Waals surface area contributed by atoms with E-state index in [1.165, 1.54) is 12.5 Å². The van der Waals surface area contributed by atoms with Crippen LogP contribution in [0.4, 0.5) is 0 Å². The molecule has 186 valence electrons. The number of fused-ring (bicyclic) bond motifs is 1. The Kier molecular flexibility index (Phi) is 11.1. The van der Waals surface area contributed by atoms with E-state index < -0.39 is 0 Å². The van der Waals surface area contributed by atoms with Crippen LogP contribution in [0.5, 0.6) is 0 Å². The van der Waals surface area contributed by atoms with Crippen LogP contribution < -0.4 is 0 Å². The van der Waals surface area contributed by atoms with E-state index >= 15 is 0 Å². The number of hydrogen-bond donors (Lipinski definition) is 0. The van der Waals surface area contributed by atoms with Crippen molar-refractivity contribution in [2.45, 2.75) is 98.8 Å². The molecule has 0 radical (unpaired) electrons. The maximum atomic E-state index is 13.2. The third kappa shape index (κ3) is 7.85. The van der Waals surface area contributed by atoms with E-state index in [1.807, 2.05) is 19.1 Å². The highest BCUT2D eigenvalue weighted by atomic mass is 16.1. The Morgan fingerprint density at radius 2 is 1.79 bits per heavy atom. The first-order valence-electron chi connectivity index (χ1n) is 13.0. The van der Waals surface area contributed by atoms with Crippen LogP contribution in [-0.4, -0.2) is 23.1 Å². The minimum atomic E-state index is -0.0967. The van der Waals surface area contributed by atoms with Gasteiger partial charge in [-0.1, -0.05) is 51.0 Å². The van der Waals surface area contributed by atoms with E-state index in [0.717, 1.165) is 61.6 Å². The molecule has 34 heavy (non-hydrogen) atoms. The minimum absolute atomic E-state index is 0.0249. The van der Waals surface area contributed by atoms with Gasteiger partial charge in [-0.05, 0) is 81.4 Å². The highest BCUT2D eigenvalue weighted by Gasteiger charge is 2.33. The molecular formula is C30H42O4. The Balaban J connectivity index is 2.12. The maximum absolute atomic E-state index is 13.2. The predicted molar refractivity (Wildman–Crippen MR) is 137 cm³/mol. The van der Waals surface area contributed by atoms with Gasteiger partial charge in [-0.25, -0.2) is 0 Å². The number of aryl methyl sites for hydroxylation is 1. The SMILES string of the molecule is CCCC(CC1CC(=O)c2c(ccc(CC/C=C\CC(C)=O)c2C)C1)C(CC)C(=O)CC(C)=O. The highest BCUT2D eigenvalue weighted by molar-refractivity contribution is 6.00. The number of ketones is 4. The number of carbonyl (C=O) groups is 4. The number of benzene rings is 1. The highest BCUT2D eigenvalue weighted by Crippen LogP contribution is 2.37. The van der Waals surface area contributed by atoms with Crippen LogP contribution >= 0.6 is 0 Å². The van der Waals surface area contributed by atoms with Crippen LogP contribution in [0.25, 0.3) is 0 Å². The molecule has 3 unspecified atom stereocenters. The van der Waals surface area contributed by atoms with E-state index in [1.54, 1.807) is 6.92 Å². The van der Waals surface area contributed by atoms with Gasteiger partial charge in [-0.3, -0.25) is 19.2 Å². The van der Waals surface area contributed by atoms with Crippen LogP contribution in [0.2, 0.25) is 0 Å². The van der Waals surface area contributed by atoms with Gasteiger partial charge in [-0.2, -0.15) is 0 Å². The second kappa shape index (κ2) is 13.5. The third-order valence-corrected chi connectivity index (χ3v) is 7.22. The fourth-order valence-electron chi connectivity index (χ4n) is 5.64. The maximum Gasteiger partial charge on any atom is 0.163 e. The Hall–Kier alpha value is -2.36. The molecule has 0 aliphatic heterocycles. The van der Waals surface area contributed by atoms with Gasteiger partial charge in [0.2, 0.25) is 0 Å². The van der Waals surface area contributed by atoms with Crippen molar-refractivity contribution in [2.75, 3.05) is 0 Å². The predicted octanol–water partition coefficient (Wildman–Crippen LogP) is 6.59. The minimum Gasteiger partial charge on any atom is -0.300 e. The molecule has 0 fully saturated rings. The van der Waals surface area contributed by atoms with Gasteiger partial charge < -0.3 is 0 Å². The van der Waals surface area contributed by atoms with Gasteiger partial charge in [0.05, 0.1) is 6.42 Å². The summed E-state index contributed by atoms with van der Waals surface area (Å²) in [5.74, 6) is 0.751. The summed E-state index contributed by atoms with van der Waals surface area (Å²) in [7, 11) is 0. The molecule has 0 saturated heterocycles. The lowest BCUT2D eigenvalue weighted by molar-refractivity contribution is -0.130. The van der Waals surface area contributed by atoms with Gasteiger partial charge in [0.25, 0.3) is 0 Å². The first-order chi connectivity index (χ1) is 16.2. The molecule has 1 aromatic rings. The molecule has 3 atom stereocenters. The van der Waals surface area contributed by atoms with Crippen molar-refractivity contribution in [3.8, 4) is 0 Å². The van der Waals surface area contributed by atoms with Crippen molar-refractivity contribution in [1.29, 1.82) is 0 Å². The zero-order valence-electron chi connectivity index (χ0n) is 21.7. The summed E-state index contributed by atoms with van der Waals surface area (Å²) in [6, 6.07) is 4.27. The lowest BCUT2D eigenvalue weighted by Crippen LogP contribution is -2.30. The molecular weight excluding hydrogens is 424 g/mol. The van der Waals surface area contributed by atoms with Gasteiger partial charge in [-0.15, -0.1) is 0 Å². The van der Waals surface area contributed by atoms with Crippen molar-refractivity contribution in [1.82, 2.24) is 0 Å². The summed E-state index contributed by atoms with van der Waals surface area (Å²) < 4.78 is 0. The van der Waals surface area contributed by atoms with Crippen molar-refractivity contribution < 1.29 is 19.2 Å². The summed E-state index contributed by atoms with van der Waals surface area (Å²) >= 11 is 0. The molecule has 1 aromatic carbocycles. The van der Waals surface area contributed by atoms with E-state index in [4.69, 9.17) is 0 Å². The van der Waals surface area contributed by atoms with Crippen LogP contribution in [-0.2, 0) is 27.2 Å². The van der Waals surface area contributed by atoms with E-state index in [2.05, 4.69) is 26.0 Å². The normalized spacial score (nSPS) is 17.4. The van der Waals surface area contributed by atoms with Crippen LogP contribution in [0.1, 0.15) is 106 Å². The number of hydrogen-bond acceptors (Lipinski definition) is 4. The molecule has 2 rings (SSSR count). The van der Waals surface area contributed by atoms with Crippen LogP contribution in [0.3, 0.4) is 0 Å². The Morgan fingerprint density at radius 1 is 1.06 bits per heavy atom. The summed E-state index contributed by atoms with van der Waals surface area (Å²) in [5.41, 5.74) is 4.32. The van der Waals surface area contributed by atoms with Crippen molar-refractivity contribution in [2.24, 2.45) is 17.8 Å². The lowest BCUT2D eigenvalue weighted by atomic mass is 9.72. The monoisotopic (exact) mass is 466 g/mol. The summed E-state index contributed by atoms with van der Waals surface area (Å²) in [6.07, 6.45) is 11.1. The van der Waals surface area contributed by atoms with E-state index in [-0.39, 0.29) is 47.3 Å². The standard InChI is InChI=1S/C30H42O4/c1-6-11-25(27(7-2)28(33)16-21(4)32)17-23-18-26-15-14-24(13-10-8-9-12-20(3)31)22(5)30(26)29(34)19-23/h8-9,14-15,23,25,27H,6-7,10-13,16-19H2,1-5H3/b9-8-. The van der Waals surface area contributed by atoms with E-state index in [0.29, 0.717) is 12.8 Å². The molecule has 4 nitrogen and oxygen atoms in total. The summed E-state index contributed by atoms with van der Waals surface area (Å²) in [4.78, 5) is 48.5. The summed E-state index contributed by atoms with van der Waals surface area (Å²) in [6.45, 7) is 9.30. The molecule has 0 aromatic heterocycles.